The summed E-state index contributed by atoms with van der Waals surface area (Å²) in [6.07, 6.45) is 3.58. The van der Waals surface area contributed by atoms with Crippen LogP contribution in [0.3, 0.4) is 0 Å². The zero-order valence-corrected chi connectivity index (χ0v) is 10.6. The molecule has 0 aromatic heterocycles. The van der Waals surface area contributed by atoms with Crippen molar-refractivity contribution in [2.75, 3.05) is 27.2 Å². The number of ketones is 1. The van der Waals surface area contributed by atoms with Crippen LogP contribution < -0.4 is 24.0 Å². The fourth-order valence-corrected chi connectivity index (χ4v) is 2.86. The topological polar surface area (TPSA) is 17.1 Å². The Morgan fingerprint density at radius 1 is 1.15 bits per heavy atom. The van der Waals surface area contributed by atoms with Crippen molar-refractivity contribution in [2.24, 2.45) is 11.8 Å². The summed E-state index contributed by atoms with van der Waals surface area (Å²) >= 11 is 0. The van der Waals surface area contributed by atoms with Gasteiger partial charge in [-0.2, -0.15) is 0 Å². The van der Waals surface area contributed by atoms with Crippen LogP contribution in [-0.4, -0.2) is 37.5 Å². The second-order valence-electron chi connectivity index (χ2n) is 5.03. The zero-order valence-electron chi connectivity index (χ0n) is 8.42. The smallest absolute Gasteiger partial charge is 0.150 e. The van der Waals surface area contributed by atoms with Crippen molar-refractivity contribution in [1.82, 2.24) is 0 Å². The molecule has 2 rings (SSSR count). The minimum Gasteiger partial charge on any atom is -1.00 e. The molecule has 76 valence electrons. The number of rotatable bonds is 0. The number of halogens is 1. The molecular formula is C10H18INO. The van der Waals surface area contributed by atoms with Crippen molar-refractivity contribution in [3.63, 3.8) is 0 Å². The van der Waals surface area contributed by atoms with Gasteiger partial charge in [0.25, 0.3) is 0 Å². The van der Waals surface area contributed by atoms with Crippen LogP contribution in [0.15, 0.2) is 0 Å². The van der Waals surface area contributed by atoms with E-state index in [4.69, 9.17) is 0 Å². The largest absolute Gasteiger partial charge is 1.00 e. The van der Waals surface area contributed by atoms with Gasteiger partial charge in [0.2, 0.25) is 0 Å². The van der Waals surface area contributed by atoms with Crippen molar-refractivity contribution in [3.05, 3.63) is 0 Å². The summed E-state index contributed by atoms with van der Waals surface area (Å²) in [5.41, 5.74) is 0. The fourth-order valence-electron chi connectivity index (χ4n) is 2.86. The molecule has 2 aliphatic rings. The fraction of sp³-hybridized carbons (Fsp3) is 0.900. The standard InChI is InChI=1S/C10H18NO.HI/c1-11(2)6-8-4-3-5-9(7-11)10(8)12;/h8-9H,3-7H2,1-2H3;1H/q+1;/p-1. The molecule has 2 unspecified atom stereocenters. The van der Waals surface area contributed by atoms with Crippen molar-refractivity contribution in [2.45, 2.75) is 19.3 Å². The summed E-state index contributed by atoms with van der Waals surface area (Å²) in [4.78, 5) is 11.7. The van der Waals surface area contributed by atoms with Gasteiger partial charge in [-0.1, -0.05) is 6.42 Å². The molecule has 1 aliphatic heterocycles. The summed E-state index contributed by atoms with van der Waals surface area (Å²) in [6, 6.07) is 0. The molecule has 0 radical (unpaired) electrons. The van der Waals surface area contributed by atoms with Crippen LogP contribution in [0, 0.1) is 11.8 Å². The van der Waals surface area contributed by atoms with Gasteiger partial charge in [0.1, 0.15) is 5.78 Å². The third-order valence-corrected chi connectivity index (χ3v) is 3.34. The summed E-state index contributed by atoms with van der Waals surface area (Å²) in [7, 11) is 4.50. The third kappa shape index (κ3) is 2.24. The lowest BCUT2D eigenvalue weighted by Gasteiger charge is -2.43. The number of Topliss-reactive ketones (excluding diaryl/α,β-unsaturated/α-hetero) is 1. The van der Waals surface area contributed by atoms with E-state index in [0.717, 1.165) is 30.4 Å². The van der Waals surface area contributed by atoms with E-state index in [1.165, 1.54) is 6.42 Å². The predicted octanol–water partition coefficient (Wildman–Crippen LogP) is -1.93. The lowest BCUT2D eigenvalue weighted by atomic mass is 9.76. The van der Waals surface area contributed by atoms with Crippen molar-refractivity contribution in [3.8, 4) is 0 Å². The number of fused-ring (bicyclic) bond motifs is 2. The van der Waals surface area contributed by atoms with E-state index in [2.05, 4.69) is 14.1 Å². The van der Waals surface area contributed by atoms with Crippen LogP contribution in [0.4, 0.5) is 0 Å². The lowest BCUT2D eigenvalue weighted by molar-refractivity contribution is -0.898. The number of piperidine rings is 1. The van der Waals surface area contributed by atoms with Crippen LogP contribution in [0.5, 0.6) is 0 Å². The molecule has 1 aliphatic carbocycles. The lowest BCUT2D eigenvalue weighted by Crippen LogP contribution is -3.00. The van der Waals surface area contributed by atoms with Gasteiger partial charge in [-0.15, -0.1) is 0 Å². The van der Waals surface area contributed by atoms with Gasteiger partial charge in [0.05, 0.1) is 39.0 Å². The summed E-state index contributed by atoms with van der Waals surface area (Å²) in [6.45, 7) is 2.16. The molecule has 2 nitrogen and oxygen atoms in total. The van der Waals surface area contributed by atoms with E-state index in [9.17, 15) is 4.79 Å². The normalized spacial score (nSPS) is 36.6. The Kier molecular flexibility index (Phi) is 3.38. The molecule has 0 spiro atoms. The molecule has 2 bridgehead atoms. The number of carbonyl (C=O) groups is 1. The van der Waals surface area contributed by atoms with Crippen LogP contribution in [0.25, 0.3) is 0 Å². The average molecular weight is 295 g/mol. The first kappa shape index (κ1) is 11.4. The number of hydrogen-bond acceptors (Lipinski definition) is 1. The van der Waals surface area contributed by atoms with Gasteiger partial charge in [-0.25, -0.2) is 0 Å². The first-order chi connectivity index (χ1) is 5.58. The molecule has 0 amide bonds. The Bertz CT molecular complexity index is 197. The number of nitrogens with zero attached hydrogens (tertiary/aromatic N) is 1. The predicted molar refractivity (Wildman–Crippen MR) is 47.7 cm³/mol. The number of carbonyl (C=O) groups excluding carboxylic acids is 1. The van der Waals surface area contributed by atoms with E-state index in [-0.39, 0.29) is 24.0 Å². The Morgan fingerprint density at radius 3 is 2.08 bits per heavy atom. The summed E-state index contributed by atoms with van der Waals surface area (Å²) in [5.74, 6) is 1.36. The molecule has 1 heterocycles. The maximum atomic E-state index is 11.7. The molecule has 13 heavy (non-hydrogen) atoms. The van der Waals surface area contributed by atoms with Gasteiger partial charge in [0.15, 0.2) is 0 Å². The molecule has 0 aromatic rings. The highest BCUT2D eigenvalue weighted by molar-refractivity contribution is 5.84. The SMILES string of the molecule is C[N+]1(C)CC2CCCC(C1)C2=O.[I-]. The average Bonchev–Trinajstić information content (AvgIpc) is 1.92. The highest BCUT2D eigenvalue weighted by Crippen LogP contribution is 2.33. The van der Waals surface area contributed by atoms with Gasteiger partial charge in [0, 0.05) is 0 Å². The van der Waals surface area contributed by atoms with Gasteiger partial charge in [-0.05, 0) is 12.8 Å². The number of likely N-dealkylation sites (tertiary alicyclic amines) is 1. The first-order valence-electron chi connectivity index (χ1n) is 4.94. The van der Waals surface area contributed by atoms with Crippen molar-refractivity contribution < 1.29 is 33.3 Å². The Hall–Kier alpha value is 0.360. The van der Waals surface area contributed by atoms with Crippen LogP contribution >= 0.6 is 0 Å². The third-order valence-electron chi connectivity index (χ3n) is 3.34. The number of quaternary nitrogens is 1. The molecular weight excluding hydrogens is 277 g/mol. The minimum atomic E-state index is 0. The van der Waals surface area contributed by atoms with E-state index in [1.54, 1.807) is 0 Å². The molecule has 0 N–H and O–H groups in total. The Morgan fingerprint density at radius 2 is 1.62 bits per heavy atom. The molecule has 1 saturated carbocycles. The maximum absolute atomic E-state index is 11.7. The molecule has 2 atom stereocenters. The minimum absolute atomic E-state index is 0. The highest BCUT2D eigenvalue weighted by Gasteiger charge is 2.43. The molecule has 1 saturated heterocycles. The van der Waals surface area contributed by atoms with Crippen LogP contribution in [-0.2, 0) is 4.79 Å². The second kappa shape index (κ2) is 3.85. The van der Waals surface area contributed by atoms with E-state index in [0.29, 0.717) is 17.6 Å². The summed E-state index contributed by atoms with van der Waals surface area (Å²) in [5, 5.41) is 0. The summed E-state index contributed by atoms with van der Waals surface area (Å²) < 4.78 is 1.06. The molecule has 2 fully saturated rings. The zero-order chi connectivity index (χ0) is 8.77. The van der Waals surface area contributed by atoms with E-state index in [1.807, 2.05) is 0 Å². The Balaban J connectivity index is 0.000000845. The molecule has 0 aromatic carbocycles. The van der Waals surface area contributed by atoms with Gasteiger partial charge in [-0.3, -0.25) is 4.79 Å². The van der Waals surface area contributed by atoms with Gasteiger partial charge < -0.3 is 28.5 Å². The quantitative estimate of drug-likeness (QED) is 0.376. The van der Waals surface area contributed by atoms with Crippen molar-refractivity contribution >= 4 is 5.78 Å². The maximum Gasteiger partial charge on any atom is 0.150 e. The first-order valence-corrected chi connectivity index (χ1v) is 4.94. The van der Waals surface area contributed by atoms with Crippen LogP contribution in [0.2, 0.25) is 0 Å². The van der Waals surface area contributed by atoms with E-state index >= 15 is 0 Å². The monoisotopic (exact) mass is 295 g/mol. The van der Waals surface area contributed by atoms with Crippen molar-refractivity contribution in [1.29, 1.82) is 0 Å². The highest BCUT2D eigenvalue weighted by atomic mass is 127. The van der Waals surface area contributed by atoms with Gasteiger partial charge >= 0.3 is 0 Å². The van der Waals surface area contributed by atoms with E-state index < -0.39 is 0 Å². The Labute approximate surface area is 97.3 Å². The molecule has 3 heteroatoms. The number of hydrogen-bond donors (Lipinski definition) is 0. The van der Waals surface area contributed by atoms with Crippen LogP contribution in [0.1, 0.15) is 19.3 Å². The second-order valence-corrected chi connectivity index (χ2v) is 5.03.